The molecular formula is C12H17NOS. The summed E-state index contributed by atoms with van der Waals surface area (Å²) in [6, 6.07) is 5.73. The van der Waals surface area contributed by atoms with Gasteiger partial charge in [-0.05, 0) is 31.2 Å². The number of aromatic hydroxyl groups is 1. The van der Waals surface area contributed by atoms with Gasteiger partial charge in [-0.25, -0.2) is 0 Å². The maximum atomic E-state index is 9.99. The van der Waals surface area contributed by atoms with Gasteiger partial charge in [0.2, 0.25) is 0 Å². The Balaban J connectivity index is 2.49. The molecule has 15 heavy (non-hydrogen) atoms. The average molecular weight is 223 g/mol. The van der Waals surface area contributed by atoms with E-state index >= 15 is 0 Å². The Morgan fingerprint density at radius 2 is 2.20 bits per heavy atom. The van der Waals surface area contributed by atoms with E-state index in [1.54, 1.807) is 17.8 Å². The number of nitrogens with two attached hydrogens (primary N) is 1. The molecule has 0 saturated heterocycles. The molecule has 0 bridgehead atoms. The fourth-order valence-corrected chi connectivity index (χ4v) is 3.12. The lowest BCUT2D eigenvalue weighted by molar-refractivity contribution is 0.240. The maximum absolute atomic E-state index is 9.99. The molecule has 1 saturated carbocycles. The van der Waals surface area contributed by atoms with Crippen LogP contribution in [-0.4, -0.2) is 17.9 Å². The van der Waals surface area contributed by atoms with Gasteiger partial charge in [0.1, 0.15) is 5.75 Å². The van der Waals surface area contributed by atoms with Crippen molar-refractivity contribution in [3.63, 3.8) is 0 Å². The maximum Gasteiger partial charge on any atom is 0.120 e. The highest BCUT2D eigenvalue weighted by Gasteiger charge is 2.40. The SMILES string of the molecule is CSc1cccc(O)c1C1(CN)CCC1. The normalized spacial score (nSPS) is 18.5. The molecule has 1 aromatic rings. The number of hydrogen-bond donors (Lipinski definition) is 2. The first kappa shape index (κ1) is 10.8. The number of hydrogen-bond acceptors (Lipinski definition) is 3. The van der Waals surface area contributed by atoms with Crippen LogP contribution in [0.5, 0.6) is 5.75 Å². The number of phenols is 1. The van der Waals surface area contributed by atoms with Gasteiger partial charge in [0.05, 0.1) is 0 Å². The van der Waals surface area contributed by atoms with Crippen LogP contribution in [0, 0.1) is 0 Å². The first-order valence-corrected chi connectivity index (χ1v) is 6.52. The second kappa shape index (κ2) is 4.06. The van der Waals surface area contributed by atoms with Gasteiger partial charge in [-0.1, -0.05) is 12.5 Å². The molecule has 0 radical (unpaired) electrons. The Morgan fingerprint density at radius 1 is 1.47 bits per heavy atom. The fourth-order valence-electron chi connectivity index (χ4n) is 2.38. The monoisotopic (exact) mass is 223 g/mol. The molecule has 0 unspecified atom stereocenters. The standard InChI is InChI=1S/C12H17NOS/c1-15-10-5-2-4-9(14)11(10)12(8-13)6-3-7-12/h2,4-5,14H,3,6-8,13H2,1H3. The van der Waals surface area contributed by atoms with Crippen LogP contribution in [-0.2, 0) is 5.41 Å². The first-order valence-electron chi connectivity index (χ1n) is 5.30. The van der Waals surface area contributed by atoms with Crippen molar-refractivity contribution in [1.29, 1.82) is 0 Å². The molecule has 0 atom stereocenters. The average Bonchev–Trinajstić information content (AvgIpc) is 2.19. The Kier molecular flexibility index (Phi) is 2.94. The van der Waals surface area contributed by atoms with Crippen molar-refractivity contribution in [2.45, 2.75) is 29.6 Å². The van der Waals surface area contributed by atoms with Gasteiger partial charge in [-0.3, -0.25) is 0 Å². The zero-order valence-corrected chi connectivity index (χ0v) is 9.81. The lowest BCUT2D eigenvalue weighted by Gasteiger charge is -2.42. The molecule has 3 N–H and O–H groups in total. The molecule has 1 aliphatic carbocycles. The Bertz CT molecular complexity index is 355. The number of rotatable bonds is 3. The minimum Gasteiger partial charge on any atom is -0.508 e. The largest absolute Gasteiger partial charge is 0.508 e. The van der Waals surface area contributed by atoms with Gasteiger partial charge in [-0.2, -0.15) is 0 Å². The van der Waals surface area contributed by atoms with Crippen molar-refractivity contribution in [3.8, 4) is 5.75 Å². The van der Waals surface area contributed by atoms with E-state index in [9.17, 15) is 5.11 Å². The topological polar surface area (TPSA) is 46.2 Å². The van der Waals surface area contributed by atoms with Gasteiger partial charge in [0.15, 0.2) is 0 Å². The lowest BCUT2D eigenvalue weighted by Crippen LogP contribution is -2.42. The quantitative estimate of drug-likeness (QED) is 0.774. The van der Waals surface area contributed by atoms with Crippen molar-refractivity contribution in [2.75, 3.05) is 12.8 Å². The summed E-state index contributed by atoms with van der Waals surface area (Å²) in [5, 5.41) is 9.99. The summed E-state index contributed by atoms with van der Waals surface area (Å²) in [5.74, 6) is 0.409. The molecule has 2 rings (SSSR count). The van der Waals surface area contributed by atoms with Crippen LogP contribution >= 0.6 is 11.8 Å². The smallest absolute Gasteiger partial charge is 0.120 e. The van der Waals surface area contributed by atoms with Gasteiger partial charge < -0.3 is 10.8 Å². The number of benzene rings is 1. The summed E-state index contributed by atoms with van der Waals surface area (Å²) in [6.07, 6.45) is 5.48. The minimum absolute atomic E-state index is 0.0453. The number of phenolic OH excluding ortho intramolecular Hbond substituents is 1. The second-order valence-electron chi connectivity index (χ2n) is 4.19. The van der Waals surface area contributed by atoms with E-state index in [-0.39, 0.29) is 5.41 Å². The summed E-state index contributed by atoms with van der Waals surface area (Å²) >= 11 is 1.69. The zero-order chi connectivity index (χ0) is 10.9. The summed E-state index contributed by atoms with van der Waals surface area (Å²) in [6.45, 7) is 0.637. The molecule has 0 aromatic heterocycles. The molecule has 0 heterocycles. The van der Waals surface area contributed by atoms with Crippen molar-refractivity contribution >= 4 is 11.8 Å². The zero-order valence-electron chi connectivity index (χ0n) is 8.99. The van der Waals surface area contributed by atoms with E-state index < -0.39 is 0 Å². The highest BCUT2D eigenvalue weighted by atomic mass is 32.2. The van der Waals surface area contributed by atoms with Crippen LogP contribution in [0.4, 0.5) is 0 Å². The predicted molar refractivity (Wildman–Crippen MR) is 64.5 cm³/mol. The predicted octanol–water partition coefficient (Wildman–Crippen LogP) is 2.49. The van der Waals surface area contributed by atoms with Crippen LogP contribution in [0.3, 0.4) is 0 Å². The third kappa shape index (κ3) is 1.64. The number of thioether (sulfide) groups is 1. The Morgan fingerprint density at radius 3 is 2.67 bits per heavy atom. The first-order chi connectivity index (χ1) is 7.23. The van der Waals surface area contributed by atoms with Crippen LogP contribution in [0.15, 0.2) is 23.1 Å². The molecule has 1 aromatic carbocycles. The minimum atomic E-state index is 0.0453. The van der Waals surface area contributed by atoms with Gasteiger partial charge in [0.25, 0.3) is 0 Å². The summed E-state index contributed by atoms with van der Waals surface area (Å²) < 4.78 is 0. The highest BCUT2D eigenvalue weighted by molar-refractivity contribution is 7.98. The van der Waals surface area contributed by atoms with Gasteiger partial charge in [0, 0.05) is 22.4 Å². The van der Waals surface area contributed by atoms with Crippen LogP contribution in [0.1, 0.15) is 24.8 Å². The van der Waals surface area contributed by atoms with E-state index in [1.807, 2.05) is 12.3 Å². The van der Waals surface area contributed by atoms with E-state index in [0.717, 1.165) is 18.4 Å². The molecule has 2 nitrogen and oxygen atoms in total. The summed E-state index contributed by atoms with van der Waals surface area (Å²) in [4.78, 5) is 1.17. The van der Waals surface area contributed by atoms with E-state index in [0.29, 0.717) is 12.3 Å². The third-order valence-corrected chi connectivity index (χ3v) is 4.24. The van der Waals surface area contributed by atoms with Crippen LogP contribution in [0.25, 0.3) is 0 Å². The molecule has 0 aliphatic heterocycles. The van der Waals surface area contributed by atoms with Crippen molar-refractivity contribution in [3.05, 3.63) is 23.8 Å². The fraction of sp³-hybridized carbons (Fsp3) is 0.500. The van der Waals surface area contributed by atoms with E-state index in [2.05, 4.69) is 6.07 Å². The second-order valence-corrected chi connectivity index (χ2v) is 5.04. The molecular weight excluding hydrogens is 206 g/mol. The molecule has 82 valence electrons. The van der Waals surface area contributed by atoms with Crippen molar-refractivity contribution in [1.82, 2.24) is 0 Å². The Hall–Kier alpha value is -0.670. The lowest BCUT2D eigenvalue weighted by atomic mass is 9.64. The molecule has 1 fully saturated rings. The summed E-state index contributed by atoms with van der Waals surface area (Å²) in [5.41, 5.74) is 6.99. The summed E-state index contributed by atoms with van der Waals surface area (Å²) in [7, 11) is 0. The van der Waals surface area contributed by atoms with Crippen molar-refractivity contribution in [2.24, 2.45) is 5.73 Å². The molecule has 0 spiro atoms. The van der Waals surface area contributed by atoms with Gasteiger partial charge in [-0.15, -0.1) is 11.8 Å². The van der Waals surface area contributed by atoms with E-state index in [4.69, 9.17) is 5.73 Å². The van der Waals surface area contributed by atoms with E-state index in [1.165, 1.54) is 11.3 Å². The molecule has 0 amide bonds. The Labute approximate surface area is 94.9 Å². The third-order valence-electron chi connectivity index (χ3n) is 3.46. The van der Waals surface area contributed by atoms with Crippen LogP contribution < -0.4 is 5.73 Å². The van der Waals surface area contributed by atoms with Gasteiger partial charge >= 0.3 is 0 Å². The highest BCUT2D eigenvalue weighted by Crippen LogP contribution is 2.49. The van der Waals surface area contributed by atoms with Crippen molar-refractivity contribution < 1.29 is 5.11 Å². The van der Waals surface area contributed by atoms with Crippen LogP contribution in [0.2, 0.25) is 0 Å². The molecule has 3 heteroatoms. The molecule has 1 aliphatic rings.